The van der Waals surface area contributed by atoms with Gasteiger partial charge in [-0.25, -0.2) is 15.0 Å². The Kier molecular flexibility index (Phi) is 8.20. The Morgan fingerprint density at radius 2 is 1.69 bits per heavy atom. The van der Waals surface area contributed by atoms with Gasteiger partial charge in [-0.15, -0.1) is 0 Å². The molecule has 0 radical (unpaired) electrons. The molecule has 170 valence electrons. The van der Waals surface area contributed by atoms with Gasteiger partial charge in [0.15, 0.2) is 28.1 Å². The highest BCUT2D eigenvalue weighted by atomic mass is 32.1. The summed E-state index contributed by atoms with van der Waals surface area (Å²) in [7, 11) is 4.70. The number of aromatic nitrogens is 3. The average molecular weight is 457 g/mol. The summed E-state index contributed by atoms with van der Waals surface area (Å²) in [6.07, 6.45) is 5.05. The Balaban J connectivity index is 1.77. The molecule has 3 aromatic rings. The van der Waals surface area contributed by atoms with Crippen LogP contribution in [-0.4, -0.2) is 47.9 Å². The topological polar surface area (TPSA) is 102 Å². The Morgan fingerprint density at radius 3 is 2.34 bits per heavy atom. The van der Waals surface area contributed by atoms with Gasteiger partial charge >= 0.3 is 0 Å². The van der Waals surface area contributed by atoms with Gasteiger partial charge in [-0.1, -0.05) is 19.8 Å². The van der Waals surface area contributed by atoms with Crippen LogP contribution in [0.1, 0.15) is 26.2 Å². The minimum Gasteiger partial charge on any atom is -0.493 e. The molecule has 10 heteroatoms. The molecule has 1 aromatic carbocycles. The molecular weight excluding hydrogens is 428 g/mol. The molecular formula is C22H28N6O3S. The highest BCUT2D eigenvalue weighted by Crippen LogP contribution is 2.40. The minimum absolute atomic E-state index is 0.487. The summed E-state index contributed by atoms with van der Waals surface area (Å²) >= 11 is 5.34. The van der Waals surface area contributed by atoms with Crippen molar-refractivity contribution in [3.8, 4) is 17.2 Å². The zero-order chi connectivity index (χ0) is 22.9. The number of nitrogens with one attached hydrogen (secondary N) is 3. The molecule has 3 N–H and O–H groups in total. The van der Waals surface area contributed by atoms with Gasteiger partial charge in [0.25, 0.3) is 0 Å². The van der Waals surface area contributed by atoms with E-state index >= 15 is 0 Å². The van der Waals surface area contributed by atoms with E-state index in [0.29, 0.717) is 50.8 Å². The molecule has 0 saturated carbocycles. The van der Waals surface area contributed by atoms with E-state index in [1.165, 1.54) is 12.8 Å². The third-order valence-electron chi connectivity index (χ3n) is 4.65. The number of hydrogen-bond donors (Lipinski definition) is 3. The summed E-state index contributed by atoms with van der Waals surface area (Å²) in [5, 5.41) is 10.0. The van der Waals surface area contributed by atoms with E-state index in [4.69, 9.17) is 26.4 Å². The van der Waals surface area contributed by atoms with Crippen molar-refractivity contribution in [2.24, 2.45) is 0 Å². The number of unbranched alkanes of at least 4 members (excludes halogenated alkanes) is 2. The van der Waals surface area contributed by atoms with E-state index in [2.05, 4.69) is 37.8 Å². The smallest absolute Gasteiger partial charge is 0.203 e. The first-order valence-corrected chi connectivity index (χ1v) is 10.7. The molecule has 2 heterocycles. The number of rotatable bonds is 10. The lowest BCUT2D eigenvalue weighted by molar-refractivity contribution is 0.324. The molecule has 0 unspecified atom stereocenters. The molecule has 9 nitrogen and oxygen atoms in total. The van der Waals surface area contributed by atoms with Crippen molar-refractivity contribution in [2.45, 2.75) is 26.2 Å². The molecule has 0 aliphatic carbocycles. The molecule has 0 aliphatic heterocycles. The van der Waals surface area contributed by atoms with E-state index in [9.17, 15) is 0 Å². The van der Waals surface area contributed by atoms with Crippen LogP contribution in [0.15, 0.2) is 30.5 Å². The van der Waals surface area contributed by atoms with E-state index in [0.717, 1.165) is 13.0 Å². The van der Waals surface area contributed by atoms with Gasteiger partial charge in [-0.05, 0) is 30.8 Å². The van der Waals surface area contributed by atoms with Crippen molar-refractivity contribution in [2.75, 3.05) is 38.5 Å². The molecule has 0 fully saturated rings. The molecule has 0 spiro atoms. The van der Waals surface area contributed by atoms with Crippen molar-refractivity contribution in [1.82, 2.24) is 20.3 Å². The second-order valence-corrected chi connectivity index (χ2v) is 7.33. The third-order valence-corrected chi connectivity index (χ3v) is 4.90. The first kappa shape index (κ1) is 23.3. The highest BCUT2D eigenvalue weighted by Gasteiger charge is 2.14. The first-order valence-electron chi connectivity index (χ1n) is 10.3. The van der Waals surface area contributed by atoms with Crippen molar-refractivity contribution < 1.29 is 14.2 Å². The number of pyridine rings is 1. The zero-order valence-corrected chi connectivity index (χ0v) is 19.5. The number of hydrogen-bond acceptors (Lipinski definition) is 8. The molecule has 3 rings (SSSR count). The fraction of sp³-hybridized carbons (Fsp3) is 0.364. The number of anilines is 3. The van der Waals surface area contributed by atoms with Crippen LogP contribution in [0.4, 0.5) is 17.3 Å². The maximum atomic E-state index is 5.40. The minimum atomic E-state index is 0.487. The standard InChI is InChI=1S/C22H28N6O3S/c1-5-6-7-10-23-22(32)28-18-9-8-15-21(26-18)27-19(13-24-15)25-14-11-16(29-2)20(31-4)17(12-14)30-3/h8-9,11-13H,5-7,10H2,1-4H3,(H3,23,25,26,27,28,32). The van der Waals surface area contributed by atoms with E-state index < -0.39 is 0 Å². The highest BCUT2D eigenvalue weighted by molar-refractivity contribution is 7.80. The second kappa shape index (κ2) is 11.3. The van der Waals surface area contributed by atoms with Crippen molar-refractivity contribution in [3.05, 3.63) is 30.5 Å². The quantitative estimate of drug-likeness (QED) is 0.303. The van der Waals surface area contributed by atoms with Gasteiger partial charge in [0.1, 0.15) is 11.3 Å². The van der Waals surface area contributed by atoms with Gasteiger partial charge in [0.05, 0.1) is 27.5 Å². The van der Waals surface area contributed by atoms with Crippen molar-refractivity contribution >= 4 is 45.8 Å². The van der Waals surface area contributed by atoms with Gasteiger partial charge < -0.3 is 30.2 Å². The van der Waals surface area contributed by atoms with Crippen LogP contribution in [-0.2, 0) is 0 Å². The Bertz CT molecular complexity index is 1050. The molecule has 0 amide bonds. The van der Waals surface area contributed by atoms with Gasteiger partial charge in [0, 0.05) is 24.4 Å². The summed E-state index contributed by atoms with van der Waals surface area (Å²) in [5.74, 6) is 2.71. The summed E-state index contributed by atoms with van der Waals surface area (Å²) in [5.41, 5.74) is 1.87. The average Bonchev–Trinajstić information content (AvgIpc) is 2.81. The van der Waals surface area contributed by atoms with E-state index in [1.807, 2.05) is 12.1 Å². The van der Waals surface area contributed by atoms with Gasteiger partial charge in [0.2, 0.25) is 5.75 Å². The number of thiocarbonyl (C=S) groups is 1. The fourth-order valence-corrected chi connectivity index (χ4v) is 3.27. The molecule has 0 bridgehead atoms. The molecule has 0 atom stereocenters. The zero-order valence-electron chi connectivity index (χ0n) is 18.7. The first-order chi connectivity index (χ1) is 15.6. The lowest BCUT2D eigenvalue weighted by atomic mass is 10.2. The Morgan fingerprint density at radius 1 is 0.969 bits per heavy atom. The van der Waals surface area contributed by atoms with Crippen LogP contribution in [0.2, 0.25) is 0 Å². The molecule has 2 aromatic heterocycles. The van der Waals surface area contributed by atoms with Gasteiger partial charge in [-0.2, -0.15) is 0 Å². The number of nitrogens with zero attached hydrogens (tertiary/aromatic N) is 3. The molecule has 0 aliphatic rings. The SMILES string of the molecule is CCCCCNC(=S)Nc1ccc2ncc(Nc3cc(OC)c(OC)c(OC)c3)nc2n1. The van der Waals surface area contributed by atoms with Crippen LogP contribution in [0.25, 0.3) is 11.2 Å². The summed E-state index contributed by atoms with van der Waals surface area (Å²) < 4.78 is 16.2. The Hall–Kier alpha value is -3.40. The van der Waals surface area contributed by atoms with Crippen LogP contribution >= 0.6 is 12.2 Å². The van der Waals surface area contributed by atoms with E-state index in [1.54, 1.807) is 39.7 Å². The summed E-state index contributed by atoms with van der Waals surface area (Å²) in [4.78, 5) is 13.5. The number of ether oxygens (including phenoxy) is 3. The number of benzene rings is 1. The maximum absolute atomic E-state index is 5.40. The van der Waals surface area contributed by atoms with Crippen LogP contribution in [0.5, 0.6) is 17.2 Å². The van der Waals surface area contributed by atoms with Crippen molar-refractivity contribution in [3.63, 3.8) is 0 Å². The van der Waals surface area contributed by atoms with Crippen LogP contribution in [0.3, 0.4) is 0 Å². The fourth-order valence-electron chi connectivity index (χ4n) is 3.07. The maximum Gasteiger partial charge on any atom is 0.203 e. The summed E-state index contributed by atoms with van der Waals surface area (Å²) in [6, 6.07) is 7.26. The molecule has 0 saturated heterocycles. The second-order valence-electron chi connectivity index (χ2n) is 6.92. The van der Waals surface area contributed by atoms with Crippen LogP contribution < -0.4 is 30.2 Å². The third kappa shape index (κ3) is 5.85. The lowest BCUT2D eigenvalue weighted by Crippen LogP contribution is -2.29. The Labute approximate surface area is 192 Å². The molecule has 32 heavy (non-hydrogen) atoms. The predicted octanol–water partition coefficient (Wildman–Crippen LogP) is 4.27. The number of methoxy groups -OCH3 is 3. The normalized spacial score (nSPS) is 10.5. The van der Waals surface area contributed by atoms with Crippen LogP contribution in [0, 0.1) is 0 Å². The van der Waals surface area contributed by atoms with Gasteiger partial charge in [-0.3, -0.25) is 0 Å². The van der Waals surface area contributed by atoms with Crippen molar-refractivity contribution in [1.29, 1.82) is 0 Å². The lowest BCUT2D eigenvalue weighted by Gasteiger charge is -2.15. The summed E-state index contributed by atoms with van der Waals surface area (Å²) in [6.45, 7) is 3.00. The predicted molar refractivity (Wildman–Crippen MR) is 130 cm³/mol. The van der Waals surface area contributed by atoms with E-state index in [-0.39, 0.29) is 0 Å². The monoisotopic (exact) mass is 456 g/mol. The number of fused-ring (bicyclic) bond motifs is 1. The largest absolute Gasteiger partial charge is 0.493 e.